The molecule has 0 aliphatic heterocycles. The Balaban J connectivity index is 2.93. The highest BCUT2D eigenvalue weighted by Gasteiger charge is 2.00. The van der Waals surface area contributed by atoms with E-state index in [9.17, 15) is 8.78 Å². The van der Waals surface area contributed by atoms with E-state index < -0.39 is 11.6 Å². The molecule has 60 valence electrons. The molecule has 0 saturated carbocycles. The standard InChI is InChI=1S/C7H6BrF2N/c8-4-11-7-3-5(9)1-2-6(7)10/h1-3,11H,4H2. The van der Waals surface area contributed by atoms with Crippen molar-refractivity contribution in [3.05, 3.63) is 29.8 Å². The molecule has 1 N–H and O–H groups in total. The van der Waals surface area contributed by atoms with Crippen LogP contribution in [-0.2, 0) is 0 Å². The molecule has 1 aromatic rings. The van der Waals surface area contributed by atoms with Crippen molar-refractivity contribution in [2.24, 2.45) is 0 Å². The number of hydrogen-bond acceptors (Lipinski definition) is 1. The largest absolute Gasteiger partial charge is 0.373 e. The van der Waals surface area contributed by atoms with E-state index in [1.54, 1.807) is 0 Å². The molecule has 0 bridgehead atoms. The molecule has 0 amide bonds. The van der Waals surface area contributed by atoms with Crippen molar-refractivity contribution < 1.29 is 8.78 Å². The Morgan fingerprint density at radius 1 is 1.36 bits per heavy atom. The van der Waals surface area contributed by atoms with Gasteiger partial charge in [0.2, 0.25) is 0 Å². The number of halogens is 3. The monoisotopic (exact) mass is 221 g/mol. The first-order valence-corrected chi connectivity index (χ1v) is 4.11. The summed E-state index contributed by atoms with van der Waals surface area (Å²) in [5.74, 6) is -0.902. The maximum absolute atomic E-state index is 12.7. The molecule has 4 heteroatoms. The summed E-state index contributed by atoms with van der Waals surface area (Å²) in [6, 6.07) is 3.27. The van der Waals surface area contributed by atoms with Crippen molar-refractivity contribution in [3.8, 4) is 0 Å². The van der Waals surface area contributed by atoms with Crippen molar-refractivity contribution >= 4 is 21.6 Å². The lowest BCUT2D eigenvalue weighted by Crippen LogP contribution is -1.97. The molecule has 0 unspecified atom stereocenters. The number of nitrogens with one attached hydrogen (secondary N) is 1. The van der Waals surface area contributed by atoms with Crippen LogP contribution in [0.25, 0.3) is 0 Å². The third kappa shape index (κ3) is 2.15. The Morgan fingerprint density at radius 3 is 2.73 bits per heavy atom. The van der Waals surface area contributed by atoms with E-state index >= 15 is 0 Å². The molecule has 0 radical (unpaired) electrons. The van der Waals surface area contributed by atoms with Crippen molar-refractivity contribution in [1.29, 1.82) is 0 Å². The van der Waals surface area contributed by atoms with Gasteiger partial charge >= 0.3 is 0 Å². The van der Waals surface area contributed by atoms with Gasteiger partial charge in [0.15, 0.2) is 0 Å². The van der Waals surface area contributed by atoms with Crippen LogP contribution in [0, 0.1) is 11.6 Å². The Kier molecular flexibility index (Phi) is 2.82. The van der Waals surface area contributed by atoms with Gasteiger partial charge in [-0.25, -0.2) is 8.78 Å². The van der Waals surface area contributed by atoms with Crippen molar-refractivity contribution in [2.45, 2.75) is 0 Å². The minimum Gasteiger partial charge on any atom is -0.373 e. The lowest BCUT2D eigenvalue weighted by Gasteiger charge is -2.02. The van der Waals surface area contributed by atoms with Gasteiger partial charge in [-0.2, -0.15) is 0 Å². The van der Waals surface area contributed by atoms with Crippen LogP contribution in [-0.4, -0.2) is 5.45 Å². The summed E-state index contributed by atoms with van der Waals surface area (Å²) in [5.41, 5.74) is 0.565. The van der Waals surface area contributed by atoms with Crippen LogP contribution in [0.4, 0.5) is 14.5 Å². The Labute approximate surface area is 71.5 Å². The maximum Gasteiger partial charge on any atom is 0.146 e. The van der Waals surface area contributed by atoms with E-state index in [1.807, 2.05) is 0 Å². The molecular weight excluding hydrogens is 216 g/mol. The molecule has 0 spiro atoms. The molecule has 0 heterocycles. The summed E-state index contributed by atoms with van der Waals surface area (Å²) in [6.45, 7) is 0. The first kappa shape index (κ1) is 8.46. The van der Waals surface area contributed by atoms with Gasteiger partial charge in [-0.3, -0.25) is 0 Å². The highest BCUT2D eigenvalue weighted by atomic mass is 79.9. The van der Waals surface area contributed by atoms with Gasteiger partial charge in [0, 0.05) is 0 Å². The van der Waals surface area contributed by atoms with Crippen molar-refractivity contribution in [3.63, 3.8) is 0 Å². The first-order valence-electron chi connectivity index (χ1n) is 2.99. The van der Waals surface area contributed by atoms with Crippen molar-refractivity contribution in [1.82, 2.24) is 0 Å². The molecule has 0 aliphatic carbocycles. The summed E-state index contributed by atoms with van der Waals surface area (Å²) < 4.78 is 25.2. The minimum absolute atomic E-state index is 0.168. The molecule has 1 aromatic carbocycles. The van der Waals surface area contributed by atoms with E-state index in [0.29, 0.717) is 5.45 Å². The maximum atomic E-state index is 12.7. The van der Waals surface area contributed by atoms with Gasteiger partial charge < -0.3 is 5.32 Å². The van der Waals surface area contributed by atoms with E-state index in [-0.39, 0.29) is 5.69 Å². The molecular formula is C7H6BrF2N. The van der Waals surface area contributed by atoms with E-state index in [2.05, 4.69) is 21.2 Å². The third-order valence-corrected chi connectivity index (χ3v) is 1.47. The second kappa shape index (κ2) is 3.67. The van der Waals surface area contributed by atoms with Gasteiger partial charge in [-0.1, -0.05) is 15.9 Å². The second-order valence-corrected chi connectivity index (χ2v) is 2.50. The zero-order valence-corrected chi connectivity index (χ0v) is 7.16. The smallest absolute Gasteiger partial charge is 0.146 e. The Hall–Kier alpha value is -0.640. The Bertz CT molecular complexity index is 252. The van der Waals surface area contributed by atoms with Crippen LogP contribution in [0.1, 0.15) is 0 Å². The number of benzene rings is 1. The van der Waals surface area contributed by atoms with Crippen LogP contribution < -0.4 is 5.32 Å². The van der Waals surface area contributed by atoms with Gasteiger partial charge in [0.05, 0.1) is 11.1 Å². The van der Waals surface area contributed by atoms with Gasteiger partial charge in [0.25, 0.3) is 0 Å². The molecule has 0 saturated heterocycles. The fourth-order valence-electron chi connectivity index (χ4n) is 0.705. The average Bonchev–Trinajstić information content (AvgIpc) is 1.98. The quantitative estimate of drug-likeness (QED) is 0.599. The Morgan fingerprint density at radius 2 is 2.09 bits per heavy atom. The molecule has 11 heavy (non-hydrogen) atoms. The van der Waals surface area contributed by atoms with Crippen LogP contribution in [0.5, 0.6) is 0 Å². The molecule has 0 aromatic heterocycles. The lowest BCUT2D eigenvalue weighted by atomic mass is 10.3. The zero-order chi connectivity index (χ0) is 8.27. The van der Waals surface area contributed by atoms with Gasteiger partial charge in [-0.05, 0) is 18.2 Å². The normalized spacial score (nSPS) is 9.73. The van der Waals surface area contributed by atoms with Crippen molar-refractivity contribution in [2.75, 3.05) is 10.8 Å². The summed E-state index contributed by atoms with van der Waals surface area (Å²) in [4.78, 5) is 0. The first-order chi connectivity index (χ1) is 5.24. The highest BCUT2D eigenvalue weighted by Crippen LogP contribution is 2.14. The second-order valence-electron chi connectivity index (χ2n) is 1.93. The summed E-state index contributed by atoms with van der Waals surface area (Å²) >= 11 is 3.04. The summed E-state index contributed by atoms with van der Waals surface area (Å²) in [6.07, 6.45) is 0. The van der Waals surface area contributed by atoms with Crippen LogP contribution in [0.15, 0.2) is 18.2 Å². The number of hydrogen-bond donors (Lipinski definition) is 1. The fraction of sp³-hybridized carbons (Fsp3) is 0.143. The topological polar surface area (TPSA) is 12.0 Å². The average molecular weight is 222 g/mol. The van der Waals surface area contributed by atoms with Crippen LogP contribution >= 0.6 is 15.9 Å². The SMILES string of the molecule is Fc1ccc(F)c(NCBr)c1. The number of alkyl halides is 1. The number of rotatable bonds is 2. The highest BCUT2D eigenvalue weighted by molar-refractivity contribution is 9.09. The molecule has 0 fully saturated rings. The molecule has 0 aliphatic rings. The third-order valence-electron chi connectivity index (χ3n) is 1.19. The molecule has 1 nitrogen and oxygen atoms in total. The van der Waals surface area contributed by atoms with Crippen LogP contribution in [0.3, 0.4) is 0 Å². The molecule has 0 atom stereocenters. The van der Waals surface area contributed by atoms with E-state index in [1.165, 1.54) is 0 Å². The fourth-order valence-corrected chi connectivity index (χ4v) is 1.01. The number of anilines is 1. The van der Waals surface area contributed by atoms with Crippen LogP contribution in [0.2, 0.25) is 0 Å². The summed E-state index contributed by atoms with van der Waals surface area (Å²) in [5, 5.41) is 2.62. The lowest BCUT2D eigenvalue weighted by molar-refractivity contribution is 0.603. The van der Waals surface area contributed by atoms with Gasteiger partial charge in [-0.15, -0.1) is 0 Å². The zero-order valence-electron chi connectivity index (χ0n) is 5.57. The molecule has 1 rings (SSSR count). The predicted octanol–water partition coefficient (Wildman–Crippen LogP) is 2.73. The van der Waals surface area contributed by atoms with Gasteiger partial charge in [0.1, 0.15) is 11.6 Å². The summed E-state index contributed by atoms with van der Waals surface area (Å²) in [7, 11) is 0. The predicted molar refractivity (Wildman–Crippen MR) is 43.8 cm³/mol. The van der Waals surface area contributed by atoms with E-state index in [0.717, 1.165) is 18.2 Å². The van der Waals surface area contributed by atoms with E-state index in [4.69, 9.17) is 0 Å². The minimum atomic E-state index is -0.453.